The van der Waals surface area contributed by atoms with Gasteiger partial charge in [-0.05, 0) is 49.1 Å². The normalized spacial score (nSPS) is 18.2. The third-order valence-corrected chi connectivity index (χ3v) is 5.05. The molecule has 0 spiro atoms. The third kappa shape index (κ3) is 2.35. The number of benzene rings is 2. The fraction of sp³-hybridized carbons (Fsp3) is 0.250. The van der Waals surface area contributed by atoms with Crippen molar-refractivity contribution in [2.75, 3.05) is 6.79 Å². The van der Waals surface area contributed by atoms with Gasteiger partial charge in [0.25, 0.3) is 5.91 Å². The number of carbonyl (C=O) groups excluding carboxylic acids is 1. The average molecular weight is 334 g/mol. The number of aryl methyl sites for hydroxylation is 1. The molecule has 1 unspecified atom stereocenters. The lowest BCUT2D eigenvalue weighted by Gasteiger charge is -2.24. The predicted molar refractivity (Wildman–Crippen MR) is 94.0 cm³/mol. The minimum Gasteiger partial charge on any atom is -0.454 e. The second-order valence-corrected chi connectivity index (χ2v) is 6.55. The van der Waals surface area contributed by atoms with Crippen LogP contribution in [0, 0.1) is 0 Å². The predicted octanol–water partition coefficient (Wildman–Crippen LogP) is 3.70. The molecule has 1 aliphatic heterocycles. The molecule has 25 heavy (non-hydrogen) atoms. The fourth-order valence-electron chi connectivity index (χ4n) is 3.84. The van der Waals surface area contributed by atoms with Crippen molar-refractivity contribution < 1.29 is 14.3 Å². The van der Waals surface area contributed by atoms with Gasteiger partial charge in [0.05, 0.1) is 6.04 Å². The van der Waals surface area contributed by atoms with Gasteiger partial charge in [-0.1, -0.05) is 18.2 Å². The van der Waals surface area contributed by atoms with Crippen LogP contribution in [0.2, 0.25) is 0 Å². The number of hydrogen-bond donors (Lipinski definition) is 2. The molecule has 2 aromatic carbocycles. The Morgan fingerprint density at radius 1 is 1.12 bits per heavy atom. The number of para-hydroxylation sites is 1. The summed E-state index contributed by atoms with van der Waals surface area (Å²) in [6.07, 6.45) is 3.06. The summed E-state index contributed by atoms with van der Waals surface area (Å²) in [7, 11) is 0. The van der Waals surface area contributed by atoms with E-state index in [1.54, 1.807) is 18.2 Å². The topological polar surface area (TPSA) is 63.4 Å². The third-order valence-electron chi connectivity index (χ3n) is 5.05. The number of amides is 1. The zero-order valence-corrected chi connectivity index (χ0v) is 13.7. The molecule has 0 saturated carbocycles. The maximum Gasteiger partial charge on any atom is 0.251 e. The Hall–Kier alpha value is -2.95. The molecule has 0 fully saturated rings. The summed E-state index contributed by atoms with van der Waals surface area (Å²) in [4.78, 5) is 16.2. The van der Waals surface area contributed by atoms with Crippen LogP contribution in [0.4, 0.5) is 0 Å². The molecule has 5 heteroatoms. The fourth-order valence-corrected chi connectivity index (χ4v) is 3.84. The molecular weight excluding hydrogens is 316 g/mol. The molecule has 126 valence electrons. The highest BCUT2D eigenvalue weighted by Gasteiger charge is 2.26. The van der Waals surface area contributed by atoms with Gasteiger partial charge < -0.3 is 19.8 Å². The molecule has 5 nitrogen and oxygen atoms in total. The first-order valence-corrected chi connectivity index (χ1v) is 8.59. The Morgan fingerprint density at radius 2 is 2.00 bits per heavy atom. The average Bonchev–Trinajstić information content (AvgIpc) is 3.26. The highest BCUT2D eigenvalue weighted by molar-refractivity contribution is 5.95. The van der Waals surface area contributed by atoms with Gasteiger partial charge in [0, 0.05) is 22.2 Å². The monoisotopic (exact) mass is 334 g/mol. The van der Waals surface area contributed by atoms with Crippen molar-refractivity contribution >= 4 is 16.8 Å². The van der Waals surface area contributed by atoms with E-state index in [0.29, 0.717) is 17.1 Å². The maximum atomic E-state index is 12.7. The van der Waals surface area contributed by atoms with E-state index < -0.39 is 0 Å². The van der Waals surface area contributed by atoms with Crippen LogP contribution in [0.25, 0.3) is 10.9 Å². The minimum absolute atomic E-state index is 0.00840. The van der Waals surface area contributed by atoms with Crippen molar-refractivity contribution in [1.82, 2.24) is 10.3 Å². The van der Waals surface area contributed by atoms with Crippen molar-refractivity contribution in [3.63, 3.8) is 0 Å². The molecule has 1 amide bonds. The Balaban J connectivity index is 1.44. The molecule has 0 bridgehead atoms. The maximum absolute atomic E-state index is 12.7. The molecule has 0 saturated heterocycles. The van der Waals surface area contributed by atoms with E-state index in [9.17, 15) is 4.79 Å². The van der Waals surface area contributed by atoms with E-state index >= 15 is 0 Å². The number of ether oxygens (including phenoxy) is 2. The number of fused-ring (bicyclic) bond motifs is 4. The van der Waals surface area contributed by atoms with Gasteiger partial charge in [0.1, 0.15) is 0 Å². The first-order valence-electron chi connectivity index (χ1n) is 8.59. The van der Waals surface area contributed by atoms with Gasteiger partial charge in [-0.3, -0.25) is 4.79 Å². The first-order chi connectivity index (χ1) is 12.3. The lowest BCUT2D eigenvalue weighted by atomic mass is 9.91. The van der Waals surface area contributed by atoms with Gasteiger partial charge in [-0.2, -0.15) is 0 Å². The zero-order valence-electron chi connectivity index (χ0n) is 13.7. The van der Waals surface area contributed by atoms with Crippen LogP contribution >= 0.6 is 0 Å². The van der Waals surface area contributed by atoms with E-state index in [4.69, 9.17) is 9.47 Å². The summed E-state index contributed by atoms with van der Waals surface area (Å²) in [6, 6.07) is 13.6. The largest absolute Gasteiger partial charge is 0.454 e. The lowest BCUT2D eigenvalue weighted by Crippen LogP contribution is -2.31. The zero-order chi connectivity index (χ0) is 16.8. The highest BCUT2D eigenvalue weighted by atomic mass is 16.7. The molecule has 2 aliphatic rings. The van der Waals surface area contributed by atoms with Crippen molar-refractivity contribution in [2.24, 2.45) is 0 Å². The van der Waals surface area contributed by atoms with E-state index in [1.165, 1.54) is 10.9 Å². The molecule has 2 N–H and O–H groups in total. The number of H-pyrrole nitrogens is 1. The molecule has 1 aliphatic carbocycles. The lowest BCUT2D eigenvalue weighted by molar-refractivity contribution is 0.0931. The van der Waals surface area contributed by atoms with E-state index in [-0.39, 0.29) is 18.7 Å². The van der Waals surface area contributed by atoms with Gasteiger partial charge >= 0.3 is 0 Å². The van der Waals surface area contributed by atoms with E-state index in [2.05, 4.69) is 28.5 Å². The number of aromatic amines is 1. The van der Waals surface area contributed by atoms with Gasteiger partial charge in [-0.25, -0.2) is 0 Å². The quantitative estimate of drug-likeness (QED) is 0.751. The molecule has 5 rings (SSSR count). The summed E-state index contributed by atoms with van der Waals surface area (Å²) < 4.78 is 10.7. The number of nitrogens with one attached hydrogen (secondary N) is 2. The van der Waals surface area contributed by atoms with E-state index in [0.717, 1.165) is 30.5 Å². The Kier molecular flexibility index (Phi) is 3.20. The second-order valence-electron chi connectivity index (χ2n) is 6.55. The SMILES string of the molecule is O=C(NC1CCCc2c1[nH]c1ccccc21)c1ccc2c(c1)OCO2. The summed E-state index contributed by atoms with van der Waals surface area (Å²) in [5, 5.41) is 4.44. The summed E-state index contributed by atoms with van der Waals surface area (Å²) in [5.74, 6) is 1.23. The molecule has 1 atom stereocenters. The van der Waals surface area contributed by atoms with Crippen LogP contribution in [0.15, 0.2) is 42.5 Å². The molecule has 0 radical (unpaired) electrons. The Morgan fingerprint density at radius 3 is 2.96 bits per heavy atom. The van der Waals surface area contributed by atoms with Gasteiger partial charge in [0.15, 0.2) is 11.5 Å². The highest BCUT2D eigenvalue weighted by Crippen LogP contribution is 2.36. The van der Waals surface area contributed by atoms with Crippen LogP contribution in [-0.4, -0.2) is 17.7 Å². The van der Waals surface area contributed by atoms with Crippen molar-refractivity contribution in [1.29, 1.82) is 0 Å². The van der Waals surface area contributed by atoms with Gasteiger partial charge in [0.2, 0.25) is 6.79 Å². The van der Waals surface area contributed by atoms with Crippen molar-refractivity contribution in [3.8, 4) is 11.5 Å². The number of rotatable bonds is 2. The molecular formula is C20H18N2O3. The summed E-state index contributed by atoms with van der Waals surface area (Å²) in [6.45, 7) is 0.210. The van der Waals surface area contributed by atoms with Crippen LogP contribution in [0.5, 0.6) is 11.5 Å². The molecule has 2 heterocycles. The number of aromatic nitrogens is 1. The minimum atomic E-state index is -0.0881. The van der Waals surface area contributed by atoms with Gasteiger partial charge in [-0.15, -0.1) is 0 Å². The Labute approximate surface area is 144 Å². The standard InChI is InChI=1S/C20H18N2O3/c23-20(12-8-9-17-18(10-12)25-11-24-17)22-16-7-3-5-14-13-4-1-2-6-15(13)21-19(14)16/h1-2,4,6,8-10,16,21H,3,5,7,11H2,(H,22,23). The number of hydrogen-bond acceptors (Lipinski definition) is 3. The smallest absolute Gasteiger partial charge is 0.251 e. The molecule has 3 aromatic rings. The summed E-state index contributed by atoms with van der Waals surface area (Å²) in [5.41, 5.74) is 4.20. The van der Waals surface area contributed by atoms with Crippen LogP contribution in [0.1, 0.15) is 40.5 Å². The summed E-state index contributed by atoms with van der Waals surface area (Å²) >= 11 is 0. The van der Waals surface area contributed by atoms with Crippen LogP contribution in [-0.2, 0) is 6.42 Å². The van der Waals surface area contributed by atoms with Crippen molar-refractivity contribution in [2.45, 2.75) is 25.3 Å². The first kappa shape index (κ1) is 14.4. The van der Waals surface area contributed by atoms with Crippen molar-refractivity contribution in [3.05, 3.63) is 59.3 Å². The Bertz CT molecular complexity index is 976. The van der Waals surface area contributed by atoms with E-state index in [1.807, 2.05) is 6.07 Å². The number of carbonyl (C=O) groups is 1. The second kappa shape index (κ2) is 5.55. The molecule has 1 aromatic heterocycles. The van der Waals surface area contributed by atoms with Crippen LogP contribution < -0.4 is 14.8 Å². The van der Waals surface area contributed by atoms with Crippen LogP contribution in [0.3, 0.4) is 0 Å².